The third kappa shape index (κ3) is 3.10. The van der Waals surface area contributed by atoms with Crippen LogP contribution in [0.2, 0.25) is 0 Å². The van der Waals surface area contributed by atoms with Gasteiger partial charge in [-0.25, -0.2) is 4.68 Å². The van der Waals surface area contributed by atoms with E-state index in [-0.39, 0.29) is 6.61 Å². The van der Waals surface area contributed by atoms with Gasteiger partial charge in [0.05, 0.1) is 5.69 Å². The van der Waals surface area contributed by atoms with Crippen LogP contribution in [0, 0.1) is 0 Å². The quantitative estimate of drug-likeness (QED) is 0.771. The molecule has 2 rings (SSSR count). The van der Waals surface area contributed by atoms with Crippen LogP contribution in [0.25, 0.3) is 0 Å². The minimum absolute atomic E-state index is 0.163. The molecule has 92 valence electrons. The summed E-state index contributed by atoms with van der Waals surface area (Å²) in [4.78, 5) is 0. The molecule has 0 saturated carbocycles. The predicted molar refractivity (Wildman–Crippen MR) is 58.2 cm³/mol. The maximum absolute atomic E-state index is 8.71. The van der Waals surface area contributed by atoms with Crippen LogP contribution in [0.3, 0.4) is 0 Å². The fourth-order valence-electron chi connectivity index (χ4n) is 1.42. The summed E-state index contributed by atoms with van der Waals surface area (Å²) in [6.07, 6.45) is 3.97. The number of aliphatic hydroxyl groups is 1. The van der Waals surface area contributed by atoms with Crippen LogP contribution in [0.4, 0.5) is 0 Å². The number of aryl methyl sites for hydroxylation is 2. The van der Waals surface area contributed by atoms with Crippen molar-refractivity contribution >= 4 is 0 Å². The Morgan fingerprint density at radius 1 is 1.29 bits per heavy atom. The molecule has 0 aliphatic rings. The molecule has 0 aliphatic carbocycles. The van der Waals surface area contributed by atoms with E-state index < -0.39 is 0 Å². The van der Waals surface area contributed by atoms with E-state index in [0.717, 1.165) is 18.5 Å². The number of hydrogen-bond acceptors (Lipinski definition) is 6. The van der Waals surface area contributed by atoms with Gasteiger partial charge in [0.1, 0.15) is 6.54 Å². The first-order valence-electron chi connectivity index (χ1n) is 5.63. The van der Waals surface area contributed by atoms with Gasteiger partial charge in [-0.2, -0.15) is 0 Å². The lowest BCUT2D eigenvalue weighted by Gasteiger charge is -1.93. The van der Waals surface area contributed by atoms with Crippen molar-refractivity contribution in [1.29, 1.82) is 0 Å². The van der Waals surface area contributed by atoms with Gasteiger partial charge in [-0.3, -0.25) is 0 Å². The lowest BCUT2D eigenvalue weighted by molar-refractivity contribution is 0.288. The SMILES string of the molecule is CCc1nnc(Cn2cc(CCCO)nn2)o1. The van der Waals surface area contributed by atoms with Crippen molar-refractivity contribution in [1.82, 2.24) is 25.2 Å². The van der Waals surface area contributed by atoms with Crippen LogP contribution in [-0.4, -0.2) is 36.9 Å². The minimum atomic E-state index is 0.163. The standard InChI is InChI=1S/C10H15N5O2/c1-2-9-12-13-10(17-9)7-15-6-8(11-14-15)4-3-5-16/h6,16H,2-5,7H2,1H3. The molecule has 0 saturated heterocycles. The summed E-state index contributed by atoms with van der Waals surface area (Å²) < 4.78 is 7.03. The second-order valence-electron chi connectivity index (χ2n) is 3.68. The van der Waals surface area contributed by atoms with E-state index in [9.17, 15) is 0 Å². The Balaban J connectivity index is 1.96. The zero-order chi connectivity index (χ0) is 12.1. The van der Waals surface area contributed by atoms with E-state index in [1.54, 1.807) is 4.68 Å². The summed E-state index contributed by atoms with van der Waals surface area (Å²) in [6.45, 7) is 2.55. The van der Waals surface area contributed by atoms with E-state index in [2.05, 4.69) is 20.5 Å². The highest BCUT2D eigenvalue weighted by molar-refractivity contribution is 4.93. The third-order valence-electron chi connectivity index (χ3n) is 2.29. The fraction of sp³-hybridized carbons (Fsp3) is 0.600. The summed E-state index contributed by atoms with van der Waals surface area (Å²) in [5.74, 6) is 1.15. The maximum atomic E-state index is 8.71. The highest BCUT2D eigenvalue weighted by Crippen LogP contribution is 2.04. The Morgan fingerprint density at radius 2 is 2.12 bits per heavy atom. The van der Waals surface area contributed by atoms with Crippen LogP contribution in [-0.2, 0) is 19.4 Å². The number of nitrogens with zero attached hydrogens (tertiary/aromatic N) is 5. The van der Waals surface area contributed by atoms with Crippen LogP contribution < -0.4 is 0 Å². The Kier molecular flexibility index (Phi) is 3.81. The van der Waals surface area contributed by atoms with Gasteiger partial charge in [0.15, 0.2) is 0 Å². The molecule has 0 radical (unpaired) electrons. The van der Waals surface area contributed by atoms with Gasteiger partial charge in [0.2, 0.25) is 11.8 Å². The zero-order valence-electron chi connectivity index (χ0n) is 9.70. The second kappa shape index (κ2) is 5.53. The first-order chi connectivity index (χ1) is 8.31. The van der Waals surface area contributed by atoms with Gasteiger partial charge in [-0.05, 0) is 12.8 Å². The topological polar surface area (TPSA) is 89.9 Å². The Labute approximate surface area is 98.5 Å². The van der Waals surface area contributed by atoms with Gasteiger partial charge in [-0.15, -0.1) is 15.3 Å². The molecule has 0 aliphatic heterocycles. The molecule has 0 unspecified atom stereocenters. The monoisotopic (exact) mass is 237 g/mol. The largest absolute Gasteiger partial charge is 0.423 e. The maximum Gasteiger partial charge on any atom is 0.237 e. The Bertz CT molecular complexity index is 465. The lowest BCUT2D eigenvalue weighted by atomic mass is 10.3. The molecule has 2 aromatic rings. The lowest BCUT2D eigenvalue weighted by Crippen LogP contribution is -2.00. The van der Waals surface area contributed by atoms with Crippen LogP contribution in [0.1, 0.15) is 30.8 Å². The van der Waals surface area contributed by atoms with Crippen LogP contribution >= 0.6 is 0 Å². The van der Waals surface area contributed by atoms with E-state index in [4.69, 9.17) is 9.52 Å². The summed E-state index contributed by atoms with van der Waals surface area (Å²) in [5.41, 5.74) is 0.856. The molecule has 2 aromatic heterocycles. The molecule has 0 bridgehead atoms. The summed E-state index contributed by atoms with van der Waals surface area (Å²) >= 11 is 0. The van der Waals surface area contributed by atoms with Gasteiger partial charge in [0, 0.05) is 19.2 Å². The molecular weight excluding hydrogens is 222 g/mol. The van der Waals surface area contributed by atoms with Crippen molar-refractivity contribution in [3.63, 3.8) is 0 Å². The molecule has 0 amide bonds. The average molecular weight is 237 g/mol. The summed E-state index contributed by atoms with van der Waals surface area (Å²) in [5, 5.41) is 24.4. The van der Waals surface area contributed by atoms with Crippen molar-refractivity contribution in [2.75, 3.05) is 6.61 Å². The van der Waals surface area contributed by atoms with Gasteiger partial charge in [0.25, 0.3) is 0 Å². The smallest absolute Gasteiger partial charge is 0.237 e. The van der Waals surface area contributed by atoms with E-state index in [1.165, 1.54) is 0 Å². The van der Waals surface area contributed by atoms with Gasteiger partial charge < -0.3 is 9.52 Å². The van der Waals surface area contributed by atoms with Crippen LogP contribution in [0.15, 0.2) is 10.6 Å². The molecule has 17 heavy (non-hydrogen) atoms. The predicted octanol–water partition coefficient (Wildman–Crippen LogP) is 0.197. The number of aliphatic hydroxyl groups excluding tert-OH is 1. The number of aromatic nitrogens is 5. The van der Waals surface area contributed by atoms with Crippen molar-refractivity contribution in [3.8, 4) is 0 Å². The summed E-state index contributed by atoms with van der Waals surface area (Å²) in [7, 11) is 0. The third-order valence-corrected chi connectivity index (χ3v) is 2.29. The first-order valence-corrected chi connectivity index (χ1v) is 5.63. The van der Waals surface area contributed by atoms with E-state index >= 15 is 0 Å². The van der Waals surface area contributed by atoms with Crippen molar-refractivity contribution in [2.24, 2.45) is 0 Å². The molecule has 0 aromatic carbocycles. The fourth-order valence-corrected chi connectivity index (χ4v) is 1.42. The molecule has 2 heterocycles. The molecular formula is C10H15N5O2. The van der Waals surface area contributed by atoms with Crippen molar-refractivity contribution < 1.29 is 9.52 Å². The molecule has 1 N–H and O–H groups in total. The second-order valence-corrected chi connectivity index (χ2v) is 3.68. The normalized spacial score (nSPS) is 10.9. The van der Waals surface area contributed by atoms with Crippen molar-refractivity contribution in [2.45, 2.75) is 32.7 Å². The van der Waals surface area contributed by atoms with Gasteiger partial charge >= 0.3 is 0 Å². The molecule has 0 spiro atoms. The summed E-state index contributed by atoms with van der Waals surface area (Å²) in [6, 6.07) is 0. The Morgan fingerprint density at radius 3 is 2.82 bits per heavy atom. The van der Waals surface area contributed by atoms with Crippen molar-refractivity contribution in [3.05, 3.63) is 23.7 Å². The van der Waals surface area contributed by atoms with Gasteiger partial charge in [-0.1, -0.05) is 12.1 Å². The number of rotatable bonds is 6. The number of hydrogen-bond donors (Lipinski definition) is 1. The zero-order valence-corrected chi connectivity index (χ0v) is 9.70. The average Bonchev–Trinajstić information content (AvgIpc) is 2.96. The molecule has 7 heteroatoms. The molecule has 0 fully saturated rings. The highest BCUT2D eigenvalue weighted by Gasteiger charge is 2.07. The minimum Gasteiger partial charge on any atom is -0.423 e. The van der Waals surface area contributed by atoms with E-state index in [1.807, 2.05) is 13.1 Å². The molecule has 7 nitrogen and oxygen atoms in total. The van der Waals surface area contributed by atoms with E-state index in [0.29, 0.717) is 24.7 Å². The first kappa shape index (κ1) is 11.7. The Hall–Kier alpha value is -1.76. The molecule has 0 atom stereocenters. The highest BCUT2D eigenvalue weighted by atomic mass is 16.4. The van der Waals surface area contributed by atoms with Crippen LogP contribution in [0.5, 0.6) is 0 Å².